The highest BCUT2D eigenvalue weighted by atomic mass is 16.3. The van der Waals surface area contributed by atoms with Crippen LogP contribution in [0.5, 0.6) is 5.75 Å². The van der Waals surface area contributed by atoms with Crippen LogP contribution in [-0.2, 0) is 4.79 Å². The van der Waals surface area contributed by atoms with Gasteiger partial charge >= 0.3 is 0 Å². The molecule has 0 saturated carbocycles. The number of hydrogen-bond acceptors (Lipinski definition) is 4. The van der Waals surface area contributed by atoms with E-state index < -0.39 is 0 Å². The molecule has 5 heteroatoms. The van der Waals surface area contributed by atoms with Gasteiger partial charge in [0.05, 0.1) is 0 Å². The van der Waals surface area contributed by atoms with Gasteiger partial charge in [0, 0.05) is 25.0 Å². The number of aromatic nitrogens is 1. The van der Waals surface area contributed by atoms with Crippen molar-refractivity contribution in [2.45, 2.75) is 6.92 Å². The Morgan fingerprint density at radius 2 is 2.21 bits per heavy atom. The largest absolute Gasteiger partial charge is 0.504 e. The van der Waals surface area contributed by atoms with Crippen LogP contribution in [0.15, 0.2) is 47.6 Å². The van der Waals surface area contributed by atoms with Crippen LogP contribution in [-0.4, -0.2) is 22.2 Å². The average molecular weight is 255 g/mol. The summed E-state index contributed by atoms with van der Waals surface area (Å²) in [6.07, 6.45) is 3.13. The van der Waals surface area contributed by atoms with Gasteiger partial charge in [0.25, 0.3) is 0 Å². The topological polar surface area (TPSA) is 74.6 Å². The number of pyridine rings is 1. The molecule has 0 fully saturated rings. The maximum absolute atomic E-state index is 11.0. The second-order valence-electron chi connectivity index (χ2n) is 3.91. The Kier molecular flexibility index (Phi) is 3.87. The van der Waals surface area contributed by atoms with Gasteiger partial charge in [-0.3, -0.25) is 4.79 Å². The number of carbonyl (C=O) groups is 1. The number of nitrogens with zero attached hydrogens (tertiary/aromatic N) is 2. The van der Waals surface area contributed by atoms with Crippen LogP contribution in [0.25, 0.3) is 0 Å². The van der Waals surface area contributed by atoms with E-state index in [0.29, 0.717) is 5.69 Å². The molecule has 2 aromatic rings. The van der Waals surface area contributed by atoms with Gasteiger partial charge in [-0.25, -0.2) is 9.98 Å². The van der Waals surface area contributed by atoms with E-state index in [-0.39, 0.29) is 17.5 Å². The molecule has 0 aliphatic carbocycles. The van der Waals surface area contributed by atoms with E-state index >= 15 is 0 Å². The third-order valence-corrected chi connectivity index (χ3v) is 2.31. The lowest BCUT2D eigenvalue weighted by molar-refractivity contribution is -0.114. The smallest absolute Gasteiger partial charge is 0.221 e. The quantitative estimate of drug-likeness (QED) is 0.827. The van der Waals surface area contributed by atoms with Gasteiger partial charge in [0.1, 0.15) is 0 Å². The summed E-state index contributed by atoms with van der Waals surface area (Å²) in [5, 5.41) is 12.2. The number of benzene rings is 1. The van der Waals surface area contributed by atoms with Crippen LogP contribution in [0.4, 0.5) is 11.5 Å². The van der Waals surface area contributed by atoms with Crippen molar-refractivity contribution < 1.29 is 9.90 Å². The number of aromatic hydroxyl groups is 1. The molecule has 0 atom stereocenters. The van der Waals surface area contributed by atoms with E-state index in [1.54, 1.807) is 30.6 Å². The number of aliphatic imine (C=N–C) groups is 1. The number of anilines is 1. The van der Waals surface area contributed by atoms with E-state index in [2.05, 4.69) is 15.3 Å². The van der Waals surface area contributed by atoms with Crippen LogP contribution in [0, 0.1) is 0 Å². The van der Waals surface area contributed by atoms with Crippen molar-refractivity contribution in [3.63, 3.8) is 0 Å². The van der Waals surface area contributed by atoms with Gasteiger partial charge in [0.2, 0.25) is 5.91 Å². The van der Waals surface area contributed by atoms with Crippen molar-refractivity contribution in [2.24, 2.45) is 4.99 Å². The van der Waals surface area contributed by atoms with Crippen LogP contribution >= 0.6 is 0 Å². The maximum Gasteiger partial charge on any atom is 0.221 e. The second-order valence-corrected chi connectivity index (χ2v) is 3.91. The molecule has 2 rings (SSSR count). The van der Waals surface area contributed by atoms with Crippen LogP contribution in [0.3, 0.4) is 0 Å². The van der Waals surface area contributed by atoms with Gasteiger partial charge in [-0.15, -0.1) is 0 Å². The number of carbonyl (C=O) groups excluding carboxylic acids is 1. The molecule has 0 spiro atoms. The standard InChI is InChI=1S/C14H13N3O2/c1-10(18)17-12-5-2-4-11(8-12)9-16-14-13(19)6-3-7-15-14/h2-9,19H,1H3,(H,17,18)/b16-9+. The number of amides is 1. The number of hydrogen-bond donors (Lipinski definition) is 2. The van der Waals surface area contributed by atoms with Crippen LogP contribution in [0.2, 0.25) is 0 Å². The Labute approximate surface area is 110 Å². The third kappa shape index (κ3) is 3.64. The first kappa shape index (κ1) is 12.8. The van der Waals surface area contributed by atoms with Gasteiger partial charge in [-0.2, -0.15) is 0 Å². The first-order valence-corrected chi connectivity index (χ1v) is 5.71. The summed E-state index contributed by atoms with van der Waals surface area (Å²) in [4.78, 5) is 19.0. The molecule has 5 nitrogen and oxygen atoms in total. The molecule has 0 unspecified atom stereocenters. The predicted molar refractivity (Wildman–Crippen MR) is 73.9 cm³/mol. The van der Waals surface area contributed by atoms with Crippen molar-refractivity contribution >= 4 is 23.6 Å². The molecule has 1 amide bonds. The summed E-state index contributed by atoms with van der Waals surface area (Å²) in [7, 11) is 0. The zero-order valence-electron chi connectivity index (χ0n) is 10.4. The van der Waals surface area contributed by atoms with Crippen LogP contribution in [0.1, 0.15) is 12.5 Å². The van der Waals surface area contributed by atoms with E-state index in [0.717, 1.165) is 5.56 Å². The zero-order valence-corrected chi connectivity index (χ0v) is 10.4. The Balaban J connectivity index is 2.19. The molecule has 2 N–H and O–H groups in total. The van der Waals surface area contributed by atoms with Gasteiger partial charge < -0.3 is 10.4 Å². The highest BCUT2D eigenvalue weighted by Gasteiger charge is 1.98. The highest BCUT2D eigenvalue weighted by Crippen LogP contribution is 2.21. The summed E-state index contributed by atoms with van der Waals surface area (Å²) in [6.45, 7) is 1.45. The summed E-state index contributed by atoms with van der Waals surface area (Å²) in [5.74, 6) is 0.153. The lowest BCUT2D eigenvalue weighted by Crippen LogP contribution is -2.05. The van der Waals surface area contributed by atoms with Crippen molar-refractivity contribution in [1.82, 2.24) is 4.98 Å². The van der Waals surface area contributed by atoms with Crippen LogP contribution < -0.4 is 5.32 Å². The fourth-order valence-corrected chi connectivity index (χ4v) is 1.52. The second kappa shape index (κ2) is 5.77. The molecular formula is C14H13N3O2. The molecule has 0 aliphatic rings. The summed E-state index contributed by atoms with van der Waals surface area (Å²) in [6, 6.07) is 10.4. The first-order chi connectivity index (χ1) is 9.15. The highest BCUT2D eigenvalue weighted by molar-refractivity contribution is 5.90. The van der Waals surface area contributed by atoms with Crippen molar-refractivity contribution in [2.75, 3.05) is 5.32 Å². The summed E-state index contributed by atoms with van der Waals surface area (Å²) < 4.78 is 0. The average Bonchev–Trinajstić information content (AvgIpc) is 2.37. The lowest BCUT2D eigenvalue weighted by atomic mass is 10.2. The summed E-state index contributed by atoms with van der Waals surface area (Å²) >= 11 is 0. The monoisotopic (exact) mass is 255 g/mol. The maximum atomic E-state index is 11.0. The minimum absolute atomic E-state index is 0.0248. The molecule has 96 valence electrons. The Hall–Kier alpha value is -2.69. The normalized spacial score (nSPS) is 10.6. The molecular weight excluding hydrogens is 242 g/mol. The van der Waals surface area contributed by atoms with E-state index in [9.17, 15) is 9.90 Å². The van der Waals surface area contributed by atoms with E-state index in [1.165, 1.54) is 13.0 Å². The third-order valence-electron chi connectivity index (χ3n) is 2.31. The Morgan fingerprint density at radius 1 is 1.37 bits per heavy atom. The molecule has 0 aliphatic heterocycles. The molecule has 0 bridgehead atoms. The molecule has 1 aromatic carbocycles. The van der Waals surface area contributed by atoms with Gasteiger partial charge in [-0.05, 0) is 29.8 Å². The predicted octanol–water partition coefficient (Wildman–Crippen LogP) is 2.50. The summed E-state index contributed by atoms with van der Waals surface area (Å²) in [5.41, 5.74) is 1.50. The number of rotatable bonds is 3. The van der Waals surface area contributed by atoms with Crippen molar-refractivity contribution in [3.05, 3.63) is 48.2 Å². The minimum atomic E-state index is -0.128. The fraction of sp³-hybridized carbons (Fsp3) is 0.0714. The lowest BCUT2D eigenvalue weighted by Gasteiger charge is -2.02. The van der Waals surface area contributed by atoms with Gasteiger partial charge in [-0.1, -0.05) is 12.1 Å². The van der Waals surface area contributed by atoms with Gasteiger partial charge in [0.15, 0.2) is 11.6 Å². The molecule has 19 heavy (non-hydrogen) atoms. The first-order valence-electron chi connectivity index (χ1n) is 5.71. The number of nitrogens with one attached hydrogen (secondary N) is 1. The Morgan fingerprint density at radius 3 is 2.95 bits per heavy atom. The van der Waals surface area contributed by atoms with Crippen molar-refractivity contribution in [1.29, 1.82) is 0 Å². The van der Waals surface area contributed by atoms with E-state index in [4.69, 9.17) is 0 Å². The van der Waals surface area contributed by atoms with E-state index in [1.807, 2.05) is 12.1 Å². The Bertz CT molecular complexity index is 624. The SMILES string of the molecule is CC(=O)Nc1cccc(/C=N/c2ncccc2O)c1. The molecule has 0 radical (unpaired) electrons. The molecule has 0 saturated heterocycles. The zero-order chi connectivity index (χ0) is 13.7. The minimum Gasteiger partial charge on any atom is -0.504 e. The van der Waals surface area contributed by atoms with Crippen molar-refractivity contribution in [3.8, 4) is 5.75 Å². The fourth-order valence-electron chi connectivity index (χ4n) is 1.52. The molecule has 1 heterocycles. The molecule has 1 aromatic heterocycles.